The predicted molar refractivity (Wildman–Crippen MR) is 119 cm³/mol. The van der Waals surface area contributed by atoms with Crippen LogP contribution in [0.25, 0.3) is 11.1 Å². The molecule has 0 spiro atoms. The highest BCUT2D eigenvalue weighted by Crippen LogP contribution is 2.44. The Morgan fingerprint density at radius 3 is 2.19 bits per heavy atom. The van der Waals surface area contributed by atoms with Gasteiger partial charge in [0, 0.05) is 18.5 Å². The first kappa shape index (κ1) is 21.2. The first-order valence-electron chi connectivity index (χ1n) is 10.8. The molecule has 2 aliphatic rings. The van der Waals surface area contributed by atoms with Crippen LogP contribution in [0, 0.1) is 0 Å². The molecular weight excluding hydrogens is 392 g/mol. The van der Waals surface area contributed by atoms with Crippen molar-refractivity contribution >= 4 is 12.2 Å². The number of carbonyl (C=O) groups is 2. The van der Waals surface area contributed by atoms with Crippen LogP contribution < -0.4 is 5.32 Å². The van der Waals surface area contributed by atoms with E-state index >= 15 is 0 Å². The third-order valence-corrected chi connectivity index (χ3v) is 5.87. The zero-order chi connectivity index (χ0) is 22.2. The maximum absolute atomic E-state index is 12.5. The molecule has 164 valence electrons. The SMILES string of the molecule is C[C@H]1CC(NC(=O)OCC2c3ccccc3-c3ccccc32)CN1C(=O)OC(C)(C)C. The first-order chi connectivity index (χ1) is 14.7. The minimum absolute atomic E-state index is 0.00580. The molecule has 2 aromatic rings. The molecule has 0 aromatic heterocycles. The van der Waals surface area contributed by atoms with Gasteiger partial charge in [-0.1, -0.05) is 48.5 Å². The second-order valence-electron chi connectivity index (χ2n) is 9.38. The number of nitrogens with one attached hydrogen (secondary N) is 1. The topological polar surface area (TPSA) is 67.9 Å². The normalized spacial score (nSPS) is 20.2. The molecule has 0 saturated carbocycles. The van der Waals surface area contributed by atoms with Gasteiger partial charge in [0.15, 0.2) is 0 Å². The highest BCUT2D eigenvalue weighted by molar-refractivity contribution is 5.79. The molecule has 1 heterocycles. The number of fused-ring (bicyclic) bond motifs is 3. The van der Waals surface area contributed by atoms with Crippen LogP contribution in [-0.2, 0) is 9.47 Å². The van der Waals surface area contributed by atoms with Gasteiger partial charge in [0.05, 0.1) is 6.04 Å². The molecule has 0 bridgehead atoms. The average Bonchev–Trinajstić information content (AvgIpc) is 3.23. The number of ether oxygens (including phenoxy) is 2. The summed E-state index contributed by atoms with van der Waals surface area (Å²) in [4.78, 5) is 26.6. The summed E-state index contributed by atoms with van der Waals surface area (Å²) in [6.45, 7) is 8.19. The average molecular weight is 423 g/mol. The number of likely N-dealkylation sites (tertiary alicyclic amines) is 1. The van der Waals surface area contributed by atoms with Gasteiger partial charge in [-0.3, -0.25) is 0 Å². The molecule has 2 atom stereocenters. The van der Waals surface area contributed by atoms with E-state index in [2.05, 4.69) is 29.6 Å². The van der Waals surface area contributed by atoms with Crippen LogP contribution in [0.1, 0.15) is 51.2 Å². The fourth-order valence-corrected chi connectivity index (χ4v) is 4.52. The third-order valence-electron chi connectivity index (χ3n) is 5.87. The molecule has 0 radical (unpaired) electrons. The lowest BCUT2D eigenvalue weighted by Crippen LogP contribution is -2.41. The van der Waals surface area contributed by atoms with Gasteiger partial charge in [-0.2, -0.15) is 0 Å². The van der Waals surface area contributed by atoms with Crippen molar-refractivity contribution in [3.8, 4) is 11.1 Å². The van der Waals surface area contributed by atoms with Gasteiger partial charge in [0.25, 0.3) is 0 Å². The number of rotatable bonds is 3. The molecule has 1 fully saturated rings. The van der Waals surface area contributed by atoms with Crippen molar-refractivity contribution in [3.63, 3.8) is 0 Å². The van der Waals surface area contributed by atoms with E-state index in [4.69, 9.17) is 9.47 Å². The number of hydrogen-bond acceptors (Lipinski definition) is 4. The Kier molecular flexibility index (Phi) is 5.65. The van der Waals surface area contributed by atoms with Crippen LogP contribution in [0.2, 0.25) is 0 Å². The van der Waals surface area contributed by atoms with Crippen LogP contribution in [0.4, 0.5) is 9.59 Å². The standard InChI is InChI=1S/C25H30N2O4/c1-16-13-17(14-27(16)24(29)31-25(2,3)4)26-23(28)30-15-22-20-11-7-5-9-18(20)19-10-6-8-12-21(19)22/h5-12,16-17,22H,13-15H2,1-4H3,(H,26,28)/t16-,17?/m0/s1. The molecule has 1 unspecified atom stereocenters. The second-order valence-corrected chi connectivity index (χ2v) is 9.38. The highest BCUT2D eigenvalue weighted by Gasteiger charge is 2.36. The number of benzene rings is 2. The van der Waals surface area contributed by atoms with Crippen molar-refractivity contribution in [2.75, 3.05) is 13.2 Å². The lowest BCUT2D eigenvalue weighted by molar-refractivity contribution is 0.0235. The minimum atomic E-state index is -0.547. The molecule has 6 heteroatoms. The van der Waals surface area contributed by atoms with E-state index in [-0.39, 0.29) is 30.7 Å². The molecule has 1 aliphatic heterocycles. The summed E-state index contributed by atoms with van der Waals surface area (Å²) in [5.41, 5.74) is 4.22. The number of amides is 2. The van der Waals surface area contributed by atoms with Crippen molar-refractivity contribution in [2.24, 2.45) is 0 Å². The summed E-state index contributed by atoms with van der Waals surface area (Å²) < 4.78 is 11.1. The molecule has 31 heavy (non-hydrogen) atoms. The Hall–Kier alpha value is -3.02. The van der Waals surface area contributed by atoms with Gasteiger partial charge in [-0.15, -0.1) is 0 Å². The Morgan fingerprint density at radius 2 is 1.61 bits per heavy atom. The van der Waals surface area contributed by atoms with E-state index in [1.807, 2.05) is 52.0 Å². The maximum atomic E-state index is 12.5. The van der Waals surface area contributed by atoms with Crippen LogP contribution >= 0.6 is 0 Å². The molecule has 1 saturated heterocycles. The van der Waals surface area contributed by atoms with Crippen molar-refractivity contribution < 1.29 is 19.1 Å². The van der Waals surface area contributed by atoms with Gasteiger partial charge in [-0.25, -0.2) is 9.59 Å². The Balaban J connectivity index is 1.35. The molecule has 1 aliphatic carbocycles. The van der Waals surface area contributed by atoms with Gasteiger partial charge < -0.3 is 19.7 Å². The van der Waals surface area contributed by atoms with E-state index in [9.17, 15) is 9.59 Å². The molecule has 4 rings (SSSR count). The van der Waals surface area contributed by atoms with Gasteiger partial charge >= 0.3 is 12.2 Å². The number of carbonyl (C=O) groups excluding carboxylic acids is 2. The summed E-state index contributed by atoms with van der Waals surface area (Å²) in [5.74, 6) is 0.0268. The van der Waals surface area contributed by atoms with Crippen molar-refractivity contribution in [1.82, 2.24) is 10.2 Å². The summed E-state index contributed by atoms with van der Waals surface area (Å²) in [6, 6.07) is 16.3. The zero-order valence-electron chi connectivity index (χ0n) is 18.6. The van der Waals surface area contributed by atoms with Gasteiger partial charge in [-0.05, 0) is 56.4 Å². The number of alkyl carbamates (subject to hydrolysis) is 1. The van der Waals surface area contributed by atoms with Crippen molar-refractivity contribution in [3.05, 3.63) is 59.7 Å². The fourth-order valence-electron chi connectivity index (χ4n) is 4.52. The summed E-state index contributed by atoms with van der Waals surface area (Å²) in [5, 5.41) is 2.92. The molecular formula is C25H30N2O4. The van der Waals surface area contributed by atoms with Crippen LogP contribution in [0.15, 0.2) is 48.5 Å². The molecule has 2 amide bonds. The predicted octanol–water partition coefficient (Wildman–Crippen LogP) is 4.92. The van der Waals surface area contributed by atoms with E-state index in [0.717, 1.165) is 0 Å². The highest BCUT2D eigenvalue weighted by atomic mass is 16.6. The summed E-state index contributed by atoms with van der Waals surface area (Å²) in [7, 11) is 0. The quantitative estimate of drug-likeness (QED) is 0.762. The number of hydrogen-bond donors (Lipinski definition) is 1. The largest absolute Gasteiger partial charge is 0.449 e. The third kappa shape index (κ3) is 4.53. The lowest BCUT2D eigenvalue weighted by atomic mass is 9.98. The van der Waals surface area contributed by atoms with Gasteiger partial charge in [0.1, 0.15) is 12.2 Å². The van der Waals surface area contributed by atoms with Crippen LogP contribution in [0.3, 0.4) is 0 Å². The van der Waals surface area contributed by atoms with E-state index in [1.54, 1.807) is 4.90 Å². The maximum Gasteiger partial charge on any atom is 0.410 e. The fraction of sp³-hybridized carbons (Fsp3) is 0.440. The Labute approximate surface area is 183 Å². The Morgan fingerprint density at radius 1 is 1.03 bits per heavy atom. The van der Waals surface area contributed by atoms with E-state index in [1.165, 1.54) is 22.3 Å². The smallest absolute Gasteiger partial charge is 0.410 e. The molecule has 2 aromatic carbocycles. The van der Waals surface area contributed by atoms with Crippen molar-refractivity contribution in [1.29, 1.82) is 0 Å². The lowest BCUT2D eigenvalue weighted by Gasteiger charge is -2.26. The minimum Gasteiger partial charge on any atom is -0.449 e. The van der Waals surface area contributed by atoms with E-state index in [0.29, 0.717) is 13.0 Å². The summed E-state index contributed by atoms with van der Waals surface area (Å²) >= 11 is 0. The molecule has 6 nitrogen and oxygen atoms in total. The first-order valence-corrected chi connectivity index (χ1v) is 10.8. The Bertz CT molecular complexity index is 936. The zero-order valence-corrected chi connectivity index (χ0v) is 18.6. The number of nitrogens with zero attached hydrogens (tertiary/aromatic N) is 1. The molecule has 1 N–H and O–H groups in total. The van der Waals surface area contributed by atoms with Crippen molar-refractivity contribution in [2.45, 2.75) is 57.7 Å². The van der Waals surface area contributed by atoms with Crippen LogP contribution in [0.5, 0.6) is 0 Å². The second kappa shape index (κ2) is 8.25. The van der Waals surface area contributed by atoms with Crippen LogP contribution in [-0.4, -0.2) is 47.9 Å². The summed E-state index contributed by atoms with van der Waals surface area (Å²) in [6.07, 6.45) is -0.134. The van der Waals surface area contributed by atoms with E-state index < -0.39 is 11.7 Å². The monoisotopic (exact) mass is 422 g/mol. The van der Waals surface area contributed by atoms with Gasteiger partial charge in [0.2, 0.25) is 0 Å².